The first-order valence-electron chi connectivity index (χ1n) is 9.80. The molecule has 0 N–H and O–H groups in total. The van der Waals surface area contributed by atoms with Crippen molar-refractivity contribution in [3.63, 3.8) is 0 Å². The van der Waals surface area contributed by atoms with E-state index in [1.54, 1.807) is 37.4 Å². The lowest BCUT2D eigenvalue weighted by molar-refractivity contribution is 0.0969. The molecule has 5 aromatic rings. The van der Waals surface area contributed by atoms with E-state index in [1.807, 2.05) is 36.4 Å². The second-order valence-electron chi connectivity index (χ2n) is 7.47. The summed E-state index contributed by atoms with van der Waals surface area (Å²) in [6.07, 6.45) is 1.63. The molecule has 7 heteroatoms. The van der Waals surface area contributed by atoms with Gasteiger partial charge in [-0.3, -0.25) is 19.5 Å². The standard InChI is InChI=1S/C24H15N3O4/c1-13-12-18(26-31-13)27-20(17-8-4-5-11-25-17)19-21(28)16-10-9-14-6-2-3-7-15(14)22(16)30-23(19)24(27)29/h2-12,20H,1H3/t20-/m1/s1. The normalized spacial score (nSPS) is 15.7. The van der Waals surface area contributed by atoms with Crippen molar-refractivity contribution in [1.29, 1.82) is 0 Å². The molecule has 1 aliphatic heterocycles. The summed E-state index contributed by atoms with van der Waals surface area (Å²) in [4.78, 5) is 33.0. The molecule has 150 valence electrons. The Labute approximate surface area is 175 Å². The number of pyridine rings is 1. The van der Waals surface area contributed by atoms with Crippen molar-refractivity contribution in [3.8, 4) is 0 Å². The Morgan fingerprint density at radius 1 is 0.968 bits per heavy atom. The summed E-state index contributed by atoms with van der Waals surface area (Å²) < 4.78 is 11.3. The van der Waals surface area contributed by atoms with Crippen LogP contribution in [-0.2, 0) is 0 Å². The number of aromatic nitrogens is 2. The molecule has 0 spiro atoms. The van der Waals surface area contributed by atoms with Gasteiger partial charge in [0.2, 0.25) is 5.76 Å². The van der Waals surface area contributed by atoms with E-state index in [1.165, 1.54) is 4.90 Å². The Hall–Kier alpha value is -4.26. The van der Waals surface area contributed by atoms with E-state index in [0.717, 1.165) is 10.8 Å². The highest BCUT2D eigenvalue weighted by Crippen LogP contribution is 2.40. The molecule has 0 aliphatic carbocycles. The minimum atomic E-state index is -0.764. The Kier molecular flexibility index (Phi) is 3.61. The molecule has 0 bridgehead atoms. The van der Waals surface area contributed by atoms with Crippen molar-refractivity contribution >= 4 is 33.5 Å². The van der Waals surface area contributed by atoms with Gasteiger partial charge in [-0.25, -0.2) is 0 Å². The lowest BCUT2D eigenvalue weighted by atomic mass is 10.0. The van der Waals surface area contributed by atoms with Crippen LogP contribution in [0.4, 0.5) is 5.82 Å². The Balaban J connectivity index is 1.70. The van der Waals surface area contributed by atoms with Gasteiger partial charge in [0.05, 0.1) is 16.6 Å². The summed E-state index contributed by atoms with van der Waals surface area (Å²) in [7, 11) is 0. The van der Waals surface area contributed by atoms with Crippen molar-refractivity contribution in [2.24, 2.45) is 0 Å². The molecule has 2 aromatic carbocycles. The van der Waals surface area contributed by atoms with Crippen LogP contribution in [0.25, 0.3) is 21.7 Å². The summed E-state index contributed by atoms with van der Waals surface area (Å²) in [6, 6.07) is 17.5. The van der Waals surface area contributed by atoms with E-state index < -0.39 is 11.9 Å². The summed E-state index contributed by atoms with van der Waals surface area (Å²) in [5, 5.41) is 6.14. The van der Waals surface area contributed by atoms with Crippen molar-refractivity contribution in [2.45, 2.75) is 13.0 Å². The van der Waals surface area contributed by atoms with Crippen LogP contribution in [0.2, 0.25) is 0 Å². The van der Waals surface area contributed by atoms with Gasteiger partial charge in [-0.1, -0.05) is 41.6 Å². The van der Waals surface area contributed by atoms with E-state index in [2.05, 4.69) is 10.1 Å². The van der Waals surface area contributed by atoms with Crippen LogP contribution in [0, 0.1) is 6.92 Å². The maximum Gasteiger partial charge on any atom is 0.296 e. The van der Waals surface area contributed by atoms with Gasteiger partial charge in [-0.2, -0.15) is 0 Å². The summed E-state index contributed by atoms with van der Waals surface area (Å²) in [5.74, 6) is 0.405. The monoisotopic (exact) mass is 409 g/mol. The molecule has 3 aromatic heterocycles. The molecule has 0 unspecified atom stereocenters. The fourth-order valence-electron chi connectivity index (χ4n) is 4.22. The van der Waals surface area contributed by atoms with Crippen molar-refractivity contribution in [3.05, 3.63) is 99.9 Å². The zero-order chi connectivity index (χ0) is 21.1. The summed E-state index contributed by atoms with van der Waals surface area (Å²) in [6.45, 7) is 1.74. The Morgan fingerprint density at radius 2 is 1.81 bits per heavy atom. The molecule has 7 nitrogen and oxygen atoms in total. The van der Waals surface area contributed by atoms with Gasteiger partial charge in [0, 0.05) is 17.6 Å². The SMILES string of the molecule is Cc1cc(N2C(=O)c3oc4c(ccc5ccccc54)c(=O)c3[C@H]2c2ccccn2)no1. The number of nitrogens with zero attached hydrogens (tertiary/aromatic N) is 3. The Morgan fingerprint density at radius 3 is 2.58 bits per heavy atom. The van der Waals surface area contributed by atoms with E-state index in [-0.39, 0.29) is 16.8 Å². The zero-order valence-electron chi connectivity index (χ0n) is 16.4. The highest BCUT2D eigenvalue weighted by Gasteiger charge is 2.45. The van der Waals surface area contributed by atoms with Gasteiger partial charge < -0.3 is 8.94 Å². The highest BCUT2D eigenvalue weighted by molar-refractivity contribution is 6.12. The molecule has 0 saturated heterocycles. The van der Waals surface area contributed by atoms with Crippen molar-refractivity contribution in [1.82, 2.24) is 10.1 Å². The largest absolute Gasteiger partial charge is 0.450 e. The average Bonchev–Trinajstić information content (AvgIpc) is 3.35. The van der Waals surface area contributed by atoms with E-state index >= 15 is 0 Å². The number of carbonyl (C=O) groups is 1. The first kappa shape index (κ1) is 17.6. The topological polar surface area (TPSA) is 89.4 Å². The molecule has 31 heavy (non-hydrogen) atoms. The third-order valence-corrected chi connectivity index (χ3v) is 5.59. The van der Waals surface area contributed by atoms with E-state index in [0.29, 0.717) is 28.2 Å². The van der Waals surface area contributed by atoms with Crippen molar-refractivity contribution < 1.29 is 13.7 Å². The van der Waals surface area contributed by atoms with Gasteiger partial charge >= 0.3 is 0 Å². The maximum absolute atomic E-state index is 13.7. The quantitative estimate of drug-likeness (QED) is 0.402. The first-order valence-corrected chi connectivity index (χ1v) is 9.80. The number of fused-ring (bicyclic) bond motifs is 4. The molecule has 1 amide bonds. The Bertz CT molecular complexity index is 1550. The number of carbonyl (C=O) groups excluding carboxylic acids is 1. The number of benzene rings is 2. The van der Waals surface area contributed by atoms with Crippen LogP contribution < -0.4 is 10.3 Å². The lowest BCUT2D eigenvalue weighted by Crippen LogP contribution is -2.30. The fourth-order valence-corrected chi connectivity index (χ4v) is 4.22. The second kappa shape index (κ2) is 6.37. The summed E-state index contributed by atoms with van der Waals surface area (Å²) in [5.41, 5.74) is 0.941. The van der Waals surface area contributed by atoms with Crippen LogP contribution in [0.1, 0.15) is 33.6 Å². The number of amides is 1. The highest BCUT2D eigenvalue weighted by atomic mass is 16.5. The number of hydrogen-bond donors (Lipinski definition) is 0. The molecular weight excluding hydrogens is 394 g/mol. The molecule has 6 rings (SSSR count). The van der Waals surface area contributed by atoms with Crippen LogP contribution in [0.15, 0.2) is 80.6 Å². The molecule has 0 saturated carbocycles. The number of rotatable bonds is 2. The lowest BCUT2D eigenvalue weighted by Gasteiger charge is -2.21. The minimum absolute atomic E-state index is 0.00478. The third kappa shape index (κ3) is 2.46. The van der Waals surface area contributed by atoms with Crippen LogP contribution in [-0.4, -0.2) is 16.0 Å². The number of hydrogen-bond acceptors (Lipinski definition) is 6. The molecular formula is C24H15N3O4. The van der Waals surface area contributed by atoms with Gasteiger partial charge in [-0.15, -0.1) is 0 Å². The van der Waals surface area contributed by atoms with Gasteiger partial charge in [0.25, 0.3) is 5.91 Å². The molecule has 0 radical (unpaired) electrons. The van der Waals surface area contributed by atoms with Gasteiger partial charge in [-0.05, 0) is 30.5 Å². The minimum Gasteiger partial charge on any atom is -0.450 e. The van der Waals surface area contributed by atoms with Crippen LogP contribution in [0.5, 0.6) is 0 Å². The van der Waals surface area contributed by atoms with E-state index in [4.69, 9.17) is 8.94 Å². The van der Waals surface area contributed by atoms with Gasteiger partial charge in [0.1, 0.15) is 17.4 Å². The van der Waals surface area contributed by atoms with Crippen molar-refractivity contribution in [2.75, 3.05) is 4.90 Å². The second-order valence-corrected chi connectivity index (χ2v) is 7.47. The number of anilines is 1. The fraction of sp³-hybridized carbons (Fsp3) is 0.0833. The summed E-state index contributed by atoms with van der Waals surface area (Å²) >= 11 is 0. The average molecular weight is 409 g/mol. The van der Waals surface area contributed by atoms with Gasteiger partial charge in [0.15, 0.2) is 11.2 Å². The predicted molar refractivity (Wildman–Crippen MR) is 114 cm³/mol. The van der Waals surface area contributed by atoms with E-state index in [9.17, 15) is 9.59 Å². The molecule has 4 heterocycles. The third-order valence-electron chi connectivity index (χ3n) is 5.59. The van der Waals surface area contributed by atoms with Crippen LogP contribution in [0.3, 0.4) is 0 Å². The predicted octanol–water partition coefficient (Wildman–Crippen LogP) is 4.39. The zero-order valence-corrected chi connectivity index (χ0v) is 16.4. The van der Waals surface area contributed by atoms with Crippen LogP contribution >= 0.6 is 0 Å². The number of aryl methyl sites for hydroxylation is 1. The molecule has 1 atom stereocenters. The molecule has 1 aliphatic rings. The molecule has 0 fully saturated rings. The maximum atomic E-state index is 13.7. The smallest absolute Gasteiger partial charge is 0.296 e. The first-order chi connectivity index (χ1) is 15.1.